The highest BCUT2D eigenvalue weighted by Gasteiger charge is 2.28. The molecule has 7 nitrogen and oxygen atoms in total. The Morgan fingerprint density at radius 3 is 2.52 bits per heavy atom. The molecule has 1 aromatic heterocycles. The molecule has 27 heavy (non-hydrogen) atoms. The SMILES string of the molecule is CN(C)[C@@H]1CC[C@H](CO)CN(C(=O)c2cnc(Nc3ccccc3)nc2)C1. The van der Waals surface area contributed by atoms with Crippen LogP contribution in [-0.2, 0) is 0 Å². The fourth-order valence-electron chi connectivity index (χ4n) is 3.32. The largest absolute Gasteiger partial charge is 0.396 e. The Morgan fingerprint density at radius 2 is 1.89 bits per heavy atom. The molecule has 1 aliphatic rings. The van der Waals surface area contributed by atoms with E-state index >= 15 is 0 Å². The average molecular weight is 369 g/mol. The summed E-state index contributed by atoms with van der Waals surface area (Å²) in [7, 11) is 4.06. The lowest BCUT2D eigenvalue weighted by Crippen LogP contribution is -2.42. The first-order valence-electron chi connectivity index (χ1n) is 9.27. The van der Waals surface area contributed by atoms with Crippen LogP contribution in [0.1, 0.15) is 23.2 Å². The average Bonchev–Trinajstić information content (AvgIpc) is 2.92. The van der Waals surface area contributed by atoms with Crippen molar-refractivity contribution in [3.63, 3.8) is 0 Å². The van der Waals surface area contributed by atoms with Gasteiger partial charge in [-0.1, -0.05) is 18.2 Å². The van der Waals surface area contributed by atoms with Gasteiger partial charge in [-0.2, -0.15) is 0 Å². The summed E-state index contributed by atoms with van der Waals surface area (Å²) in [6.07, 6.45) is 5.01. The molecule has 1 aliphatic heterocycles. The number of aliphatic hydroxyl groups excluding tert-OH is 1. The monoisotopic (exact) mass is 369 g/mol. The molecule has 144 valence electrons. The Balaban J connectivity index is 1.71. The van der Waals surface area contributed by atoms with Gasteiger partial charge in [-0.25, -0.2) is 9.97 Å². The summed E-state index contributed by atoms with van der Waals surface area (Å²) < 4.78 is 0. The van der Waals surface area contributed by atoms with E-state index in [1.165, 1.54) is 0 Å². The molecule has 0 aliphatic carbocycles. The Labute approximate surface area is 160 Å². The van der Waals surface area contributed by atoms with Crippen LogP contribution in [0, 0.1) is 5.92 Å². The second kappa shape index (κ2) is 8.92. The van der Waals surface area contributed by atoms with Crippen molar-refractivity contribution in [2.75, 3.05) is 39.1 Å². The van der Waals surface area contributed by atoms with Crippen molar-refractivity contribution in [3.05, 3.63) is 48.3 Å². The van der Waals surface area contributed by atoms with E-state index in [-0.39, 0.29) is 24.5 Å². The number of hydrogen-bond donors (Lipinski definition) is 2. The summed E-state index contributed by atoms with van der Waals surface area (Å²) in [5, 5.41) is 12.7. The van der Waals surface area contributed by atoms with Crippen molar-refractivity contribution in [2.45, 2.75) is 18.9 Å². The molecule has 2 heterocycles. The number of amides is 1. The molecule has 0 saturated carbocycles. The molecule has 0 spiro atoms. The molecule has 1 fully saturated rings. The van der Waals surface area contributed by atoms with Crippen molar-refractivity contribution >= 4 is 17.5 Å². The molecule has 3 rings (SSSR count). The molecule has 0 bridgehead atoms. The smallest absolute Gasteiger partial charge is 0.257 e. The van der Waals surface area contributed by atoms with Crippen LogP contribution < -0.4 is 5.32 Å². The van der Waals surface area contributed by atoms with Crippen LogP contribution in [0.15, 0.2) is 42.7 Å². The fraction of sp³-hybridized carbons (Fsp3) is 0.450. The van der Waals surface area contributed by atoms with E-state index in [2.05, 4.69) is 20.2 Å². The number of rotatable bonds is 5. The lowest BCUT2D eigenvalue weighted by Gasteiger charge is -2.29. The third-order valence-electron chi connectivity index (χ3n) is 5.02. The fourth-order valence-corrected chi connectivity index (χ4v) is 3.32. The number of aromatic nitrogens is 2. The van der Waals surface area contributed by atoms with Gasteiger partial charge in [0, 0.05) is 43.8 Å². The van der Waals surface area contributed by atoms with E-state index in [9.17, 15) is 9.90 Å². The maximum atomic E-state index is 13.0. The molecule has 2 atom stereocenters. The predicted molar refractivity (Wildman–Crippen MR) is 105 cm³/mol. The van der Waals surface area contributed by atoms with Gasteiger partial charge in [0.1, 0.15) is 0 Å². The zero-order valence-electron chi connectivity index (χ0n) is 15.9. The highest BCUT2D eigenvalue weighted by molar-refractivity contribution is 5.93. The second-order valence-corrected chi connectivity index (χ2v) is 7.24. The van der Waals surface area contributed by atoms with E-state index in [4.69, 9.17) is 0 Å². The van der Waals surface area contributed by atoms with Crippen LogP contribution in [0.4, 0.5) is 11.6 Å². The van der Waals surface area contributed by atoms with Gasteiger partial charge in [0.25, 0.3) is 5.91 Å². The molecule has 1 amide bonds. The highest BCUT2D eigenvalue weighted by atomic mass is 16.3. The molecule has 2 N–H and O–H groups in total. The number of para-hydroxylation sites is 1. The minimum Gasteiger partial charge on any atom is -0.396 e. The Hall–Kier alpha value is -2.51. The number of aliphatic hydroxyl groups is 1. The lowest BCUT2D eigenvalue weighted by molar-refractivity contribution is 0.0688. The molecule has 2 aromatic rings. The molecule has 0 radical (unpaired) electrons. The van der Waals surface area contributed by atoms with Crippen LogP contribution >= 0.6 is 0 Å². The Kier molecular flexibility index (Phi) is 6.36. The van der Waals surface area contributed by atoms with E-state index < -0.39 is 0 Å². The number of nitrogens with one attached hydrogen (secondary N) is 1. The van der Waals surface area contributed by atoms with Gasteiger partial charge in [0.15, 0.2) is 0 Å². The van der Waals surface area contributed by atoms with Crippen molar-refractivity contribution in [1.82, 2.24) is 19.8 Å². The number of anilines is 2. The van der Waals surface area contributed by atoms with E-state index in [0.29, 0.717) is 24.6 Å². The zero-order valence-corrected chi connectivity index (χ0v) is 15.9. The summed E-state index contributed by atoms with van der Waals surface area (Å²) in [6, 6.07) is 9.93. The minimum atomic E-state index is -0.0894. The minimum absolute atomic E-state index is 0.0894. The first-order chi connectivity index (χ1) is 13.1. The van der Waals surface area contributed by atoms with Crippen molar-refractivity contribution in [3.8, 4) is 0 Å². The summed E-state index contributed by atoms with van der Waals surface area (Å²) >= 11 is 0. The van der Waals surface area contributed by atoms with Crippen LogP contribution in [0.5, 0.6) is 0 Å². The van der Waals surface area contributed by atoms with Crippen molar-refractivity contribution in [1.29, 1.82) is 0 Å². The first kappa shape index (κ1) is 19.3. The van der Waals surface area contributed by atoms with E-state index in [0.717, 1.165) is 18.5 Å². The van der Waals surface area contributed by atoms with Gasteiger partial charge in [0.2, 0.25) is 5.95 Å². The van der Waals surface area contributed by atoms with Gasteiger partial charge in [-0.05, 0) is 45.0 Å². The van der Waals surface area contributed by atoms with Gasteiger partial charge in [0.05, 0.1) is 5.56 Å². The Morgan fingerprint density at radius 1 is 1.19 bits per heavy atom. The van der Waals surface area contributed by atoms with Gasteiger partial charge < -0.3 is 20.2 Å². The van der Waals surface area contributed by atoms with Gasteiger partial charge in [-0.15, -0.1) is 0 Å². The normalized spacial score (nSPS) is 20.4. The third kappa shape index (κ3) is 5.02. The molecule has 0 unspecified atom stereocenters. The van der Waals surface area contributed by atoms with Crippen LogP contribution in [0.2, 0.25) is 0 Å². The van der Waals surface area contributed by atoms with Gasteiger partial charge in [-0.3, -0.25) is 4.79 Å². The molecule has 1 saturated heterocycles. The summed E-state index contributed by atoms with van der Waals surface area (Å²) in [6.45, 7) is 1.30. The molecular weight excluding hydrogens is 342 g/mol. The molecule has 1 aromatic carbocycles. The second-order valence-electron chi connectivity index (χ2n) is 7.24. The summed E-state index contributed by atoms with van der Waals surface area (Å²) in [4.78, 5) is 25.5. The number of carbonyl (C=O) groups is 1. The number of benzene rings is 1. The molecule has 7 heteroatoms. The Bertz CT molecular complexity index is 736. The van der Waals surface area contributed by atoms with Gasteiger partial charge >= 0.3 is 0 Å². The summed E-state index contributed by atoms with van der Waals surface area (Å²) in [5.41, 5.74) is 1.36. The third-order valence-corrected chi connectivity index (χ3v) is 5.02. The first-order valence-corrected chi connectivity index (χ1v) is 9.27. The number of carbonyl (C=O) groups excluding carboxylic acids is 1. The number of nitrogens with zero attached hydrogens (tertiary/aromatic N) is 4. The molecular formula is C20H27N5O2. The zero-order chi connectivity index (χ0) is 19.2. The summed E-state index contributed by atoms with van der Waals surface area (Å²) in [5.74, 6) is 0.473. The predicted octanol–water partition coefficient (Wildman–Crippen LogP) is 1.99. The maximum absolute atomic E-state index is 13.0. The highest BCUT2D eigenvalue weighted by Crippen LogP contribution is 2.21. The van der Waals surface area contributed by atoms with E-state index in [1.807, 2.05) is 49.3 Å². The van der Waals surface area contributed by atoms with Crippen LogP contribution in [0.25, 0.3) is 0 Å². The van der Waals surface area contributed by atoms with Crippen LogP contribution in [0.3, 0.4) is 0 Å². The standard InChI is InChI=1S/C20H27N5O2/c1-24(2)18-9-8-15(14-26)12-25(13-18)19(27)16-10-21-20(22-11-16)23-17-6-4-3-5-7-17/h3-7,10-11,15,18,26H,8-9,12-14H2,1-2H3,(H,21,22,23)/t15-,18+/m0/s1. The number of likely N-dealkylation sites (N-methyl/N-ethyl adjacent to an activating group) is 1. The number of hydrogen-bond acceptors (Lipinski definition) is 6. The van der Waals surface area contributed by atoms with Crippen molar-refractivity contribution < 1.29 is 9.90 Å². The topological polar surface area (TPSA) is 81.6 Å². The van der Waals surface area contributed by atoms with E-state index in [1.54, 1.807) is 12.4 Å². The quantitative estimate of drug-likeness (QED) is 0.839. The number of likely N-dealkylation sites (tertiary alicyclic amines) is 1. The maximum Gasteiger partial charge on any atom is 0.257 e. The van der Waals surface area contributed by atoms with Crippen LogP contribution in [-0.4, -0.2) is 70.6 Å². The van der Waals surface area contributed by atoms with Crippen molar-refractivity contribution in [2.24, 2.45) is 5.92 Å². The lowest BCUT2D eigenvalue weighted by atomic mass is 10.0.